The van der Waals surface area contributed by atoms with Crippen molar-refractivity contribution in [1.29, 1.82) is 0 Å². The summed E-state index contributed by atoms with van der Waals surface area (Å²) in [5.74, 6) is 0.994. The first-order chi connectivity index (χ1) is 15.1. The first kappa shape index (κ1) is 21.3. The van der Waals surface area contributed by atoms with Crippen molar-refractivity contribution < 1.29 is 14.3 Å². The molecule has 0 spiro atoms. The largest absolute Gasteiger partial charge is 0.497 e. The molecule has 31 heavy (non-hydrogen) atoms. The van der Waals surface area contributed by atoms with Crippen molar-refractivity contribution in [2.75, 3.05) is 39.9 Å². The molecule has 0 aliphatic carbocycles. The molecule has 3 heterocycles. The minimum Gasteiger partial charge on any atom is -0.497 e. The van der Waals surface area contributed by atoms with Crippen LogP contribution in [0.1, 0.15) is 42.8 Å². The Labute approximate surface area is 183 Å². The third-order valence-electron chi connectivity index (χ3n) is 5.72. The van der Waals surface area contributed by atoms with Gasteiger partial charge in [0.2, 0.25) is 5.91 Å². The van der Waals surface area contributed by atoms with E-state index in [1.165, 1.54) is 0 Å². The number of carbonyl (C=O) groups is 1. The van der Waals surface area contributed by atoms with E-state index in [-0.39, 0.29) is 12.0 Å². The van der Waals surface area contributed by atoms with Gasteiger partial charge in [0.25, 0.3) is 0 Å². The molecular formula is C24H30N4O3. The second kappa shape index (κ2) is 9.92. The molecule has 0 N–H and O–H groups in total. The highest BCUT2D eigenvalue weighted by Crippen LogP contribution is 2.23. The molecule has 1 atom stereocenters. The Bertz CT molecular complexity index is 946. The number of benzene rings is 1. The molecule has 0 radical (unpaired) electrons. The van der Waals surface area contributed by atoms with E-state index in [0.717, 1.165) is 47.8 Å². The second-order valence-electron chi connectivity index (χ2n) is 8.07. The predicted molar refractivity (Wildman–Crippen MR) is 119 cm³/mol. The van der Waals surface area contributed by atoms with Gasteiger partial charge in [-0.05, 0) is 36.8 Å². The summed E-state index contributed by atoms with van der Waals surface area (Å²) < 4.78 is 11.3. The Kier molecular flexibility index (Phi) is 6.82. The van der Waals surface area contributed by atoms with Gasteiger partial charge in [0.05, 0.1) is 26.0 Å². The lowest BCUT2D eigenvalue weighted by Gasteiger charge is -2.33. The Hall–Kier alpha value is -2.93. The molecule has 2 aliphatic heterocycles. The summed E-state index contributed by atoms with van der Waals surface area (Å²) in [6.07, 6.45) is 1.99. The zero-order valence-corrected chi connectivity index (χ0v) is 18.3. The molecule has 7 nitrogen and oxygen atoms in total. The number of ether oxygens (including phenoxy) is 2. The van der Waals surface area contributed by atoms with Gasteiger partial charge in [-0.2, -0.15) is 5.10 Å². The van der Waals surface area contributed by atoms with E-state index >= 15 is 0 Å². The molecule has 2 aliphatic rings. The number of hydrazone groups is 1. The van der Waals surface area contributed by atoms with Crippen LogP contribution < -0.4 is 4.74 Å². The van der Waals surface area contributed by atoms with Gasteiger partial charge in [-0.15, -0.1) is 0 Å². The fraction of sp³-hybridized carbons (Fsp3) is 0.458. The SMILES string of the molecule is COc1cccc(Cc2cccc([C@H]3CN(C(=O)CCN4CCC(C)=N4)CCO3)n2)c1. The molecule has 1 aromatic carbocycles. The number of carbonyl (C=O) groups excluding carboxylic acids is 1. The average Bonchev–Trinajstić information content (AvgIpc) is 3.23. The summed E-state index contributed by atoms with van der Waals surface area (Å²) in [7, 11) is 1.67. The van der Waals surface area contributed by atoms with Crippen molar-refractivity contribution >= 4 is 11.6 Å². The monoisotopic (exact) mass is 422 g/mol. The van der Waals surface area contributed by atoms with Gasteiger partial charge >= 0.3 is 0 Å². The normalized spacial score (nSPS) is 18.8. The average molecular weight is 423 g/mol. The molecule has 164 valence electrons. The van der Waals surface area contributed by atoms with Gasteiger partial charge in [0.15, 0.2) is 0 Å². The van der Waals surface area contributed by atoms with E-state index < -0.39 is 0 Å². The molecule has 7 heteroatoms. The third kappa shape index (κ3) is 5.61. The predicted octanol–water partition coefficient (Wildman–Crippen LogP) is 3.05. The number of methoxy groups -OCH3 is 1. The van der Waals surface area contributed by atoms with E-state index in [1.54, 1.807) is 7.11 Å². The Morgan fingerprint density at radius 1 is 1.23 bits per heavy atom. The smallest absolute Gasteiger partial charge is 0.224 e. The maximum Gasteiger partial charge on any atom is 0.224 e. The Morgan fingerprint density at radius 3 is 2.90 bits per heavy atom. The highest BCUT2D eigenvalue weighted by atomic mass is 16.5. The highest BCUT2D eigenvalue weighted by Gasteiger charge is 2.26. The van der Waals surface area contributed by atoms with E-state index in [2.05, 4.69) is 11.2 Å². The van der Waals surface area contributed by atoms with Crippen LogP contribution in [0.2, 0.25) is 0 Å². The van der Waals surface area contributed by atoms with Crippen molar-refractivity contribution in [1.82, 2.24) is 14.9 Å². The van der Waals surface area contributed by atoms with E-state index in [4.69, 9.17) is 14.5 Å². The summed E-state index contributed by atoms with van der Waals surface area (Å²) in [4.78, 5) is 19.5. The van der Waals surface area contributed by atoms with Crippen molar-refractivity contribution in [3.05, 3.63) is 59.4 Å². The van der Waals surface area contributed by atoms with Crippen LogP contribution in [0.3, 0.4) is 0 Å². The maximum atomic E-state index is 12.7. The molecule has 1 saturated heterocycles. The Morgan fingerprint density at radius 2 is 2.10 bits per heavy atom. The van der Waals surface area contributed by atoms with E-state index in [0.29, 0.717) is 32.7 Å². The van der Waals surface area contributed by atoms with Crippen molar-refractivity contribution in [2.24, 2.45) is 5.10 Å². The zero-order valence-electron chi connectivity index (χ0n) is 18.3. The number of hydrogen-bond donors (Lipinski definition) is 0. The van der Waals surface area contributed by atoms with Crippen molar-refractivity contribution in [2.45, 2.75) is 32.3 Å². The molecule has 1 fully saturated rings. The molecule has 0 bridgehead atoms. The zero-order chi connectivity index (χ0) is 21.6. The van der Waals surface area contributed by atoms with E-state index in [1.807, 2.05) is 53.2 Å². The van der Waals surface area contributed by atoms with Crippen LogP contribution in [0.5, 0.6) is 5.75 Å². The molecule has 0 unspecified atom stereocenters. The summed E-state index contributed by atoms with van der Waals surface area (Å²) in [5, 5.41) is 6.45. The lowest BCUT2D eigenvalue weighted by Crippen LogP contribution is -2.43. The summed E-state index contributed by atoms with van der Waals surface area (Å²) in [6.45, 7) is 5.31. The van der Waals surface area contributed by atoms with Crippen LogP contribution in [-0.2, 0) is 16.0 Å². The number of hydrogen-bond acceptors (Lipinski definition) is 6. The van der Waals surface area contributed by atoms with Crippen LogP contribution in [-0.4, -0.2) is 66.4 Å². The van der Waals surface area contributed by atoms with Gasteiger partial charge in [-0.25, -0.2) is 0 Å². The van der Waals surface area contributed by atoms with Gasteiger partial charge in [-0.3, -0.25) is 14.8 Å². The lowest BCUT2D eigenvalue weighted by atomic mass is 10.1. The fourth-order valence-electron chi connectivity index (χ4n) is 4.00. The molecule has 0 saturated carbocycles. The minimum atomic E-state index is -0.199. The first-order valence-corrected chi connectivity index (χ1v) is 10.9. The van der Waals surface area contributed by atoms with Crippen molar-refractivity contribution in [3.8, 4) is 5.75 Å². The summed E-state index contributed by atoms with van der Waals surface area (Å²) in [6, 6.07) is 14.0. The fourth-order valence-corrected chi connectivity index (χ4v) is 4.00. The number of amides is 1. The number of nitrogens with zero attached hydrogens (tertiary/aromatic N) is 4. The van der Waals surface area contributed by atoms with Gasteiger partial charge in [0, 0.05) is 50.3 Å². The quantitative estimate of drug-likeness (QED) is 0.686. The van der Waals surface area contributed by atoms with Crippen molar-refractivity contribution in [3.63, 3.8) is 0 Å². The standard InChI is InChI=1S/C24H30N4O3/c1-18-9-11-28(26-18)12-10-24(29)27-13-14-31-23(17-27)22-8-4-6-20(25-22)15-19-5-3-7-21(16-19)30-2/h3-8,16,23H,9-15,17H2,1-2H3/t23-/m1/s1. The molecule has 1 amide bonds. The third-order valence-corrected chi connectivity index (χ3v) is 5.72. The lowest BCUT2D eigenvalue weighted by molar-refractivity contribution is -0.139. The van der Waals surface area contributed by atoms with Crippen LogP contribution in [0.4, 0.5) is 0 Å². The topological polar surface area (TPSA) is 67.3 Å². The molecule has 4 rings (SSSR count). The number of pyridine rings is 1. The van der Waals surface area contributed by atoms with Crippen LogP contribution >= 0.6 is 0 Å². The van der Waals surface area contributed by atoms with Gasteiger partial charge < -0.3 is 14.4 Å². The van der Waals surface area contributed by atoms with Gasteiger partial charge in [-0.1, -0.05) is 18.2 Å². The van der Waals surface area contributed by atoms with Crippen LogP contribution in [0.15, 0.2) is 47.6 Å². The molecular weight excluding hydrogens is 392 g/mol. The second-order valence-corrected chi connectivity index (χ2v) is 8.07. The number of morpholine rings is 1. The van der Waals surface area contributed by atoms with Crippen LogP contribution in [0, 0.1) is 0 Å². The summed E-state index contributed by atoms with van der Waals surface area (Å²) >= 11 is 0. The van der Waals surface area contributed by atoms with Crippen LogP contribution in [0.25, 0.3) is 0 Å². The highest BCUT2D eigenvalue weighted by molar-refractivity contribution is 5.83. The first-order valence-electron chi connectivity index (χ1n) is 10.9. The number of aromatic nitrogens is 1. The molecule has 1 aromatic heterocycles. The number of rotatable bonds is 7. The summed E-state index contributed by atoms with van der Waals surface area (Å²) in [5.41, 5.74) is 4.13. The minimum absolute atomic E-state index is 0.153. The Balaban J connectivity index is 1.36. The van der Waals surface area contributed by atoms with Gasteiger partial charge in [0.1, 0.15) is 11.9 Å². The maximum absolute atomic E-state index is 12.7. The van der Waals surface area contributed by atoms with E-state index in [9.17, 15) is 4.79 Å². The molecule has 2 aromatic rings.